The third-order valence-corrected chi connectivity index (χ3v) is 5.07. The van der Waals surface area contributed by atoms with Crippen molar-refractivity contribution < 1.29 is 10.0 Å². The van der Waals surface area contributed by atoms with Crippen LogP contribution in [0, 0.1) is 13.8 Å². The summed E-state index contributed by atoms with van der Waals surface area (Å²) in [5.41, 5.74) is 3.12. The van der Waals surface area contributed by atoms with Gasteiger partial charge < -0.3 is 5.21 Å². The van der Waals surface area contributed by atoms with Crippen molar-refractivity contribution in [1.82, 2.24) is 0 Å². The molecule has 0 aliphatic carbocycles. The molecule has 26 heavy (non-hydrogen) atoms. The molecular formula is C22H19NO2S. The summed E-state index contributed by atoms with van der Waals surface area (Å²) in [6.45, 7) is 3.84. The SMILES string of the molecule is Cc1ccc(C)c(C(=NO)C(=O)c2ccc(Sc3ccccc3)cc2)c1. The van der Waals surface area contributed by atoms with Crippen molar-refractivity contribution in [2.75, 3.05) is 0 Å². The number of carbonyl (C=O) groups excluding carboxylic acids is 1. The highest BCUT2D eigenvalue weighted by atomic mass is 32.2. The Hall–Kier alpha value is -2.85. The van der Waals surface area contributed by atoms with Crippen LogP contribution in [0.2, 0.25) is 0 Å². The van der Waals surface area contributed by atoms with Gasteiger partial charge in [0.2, 0.25) is 5.78 Å². The molecule has 0 aliphatic rings. The number of benzene rings is 3. The van der Waals surface area contributed by atoms with Gasteiger partial charge in [-0.05, 0) is 61.9 Å². The molecule has 0 unspecified atom stereocenters. The van der Waals surface area contributed by atoms with Gasteiger partial charge in [-0.3, -0.25) is 4.79 Å². The van der Waals surface area contributed by atoms with Gasteiger partial charge >= 0.3 is 0 Å². The lowest BCUT2D eigenvalue weighted by Crippen LogP contribution is -2.17. The second-order valence-corrected chi connectivity index (χ2v) is 7.18. The number of hydrogen-bond acceptors (Lipinski definition) is 4. The van der Waals surface area contributed by atoms with Gasteiger partial charge in [0.1, 0.15) is 0 Å². The molecule has 3 nitrogen and oxygen atoms in total. The van der Waals surface area contributed by atoms with Crippen molar-refractivity contribution in [3.05, 3.63) is 95.1 Å². The van der Waals surface area contributed by atoms with Crippen LogP contribution < -0.4 is 0 Å². The van der Waals surface area contributed by atoms with Crippen LogP contribution in [-0.2, 0) is 0 Å². The van der Waals surface area contributed by atoms with Gasteiger partial charge in [-0.2, -0.15) is 0 Å². The summed E-state index contributed by atoms with van der Waals surface area (Å²) in [5.74, 6) is -0.294. The second kappa shape index (κ2) is 8.02. The van der Waals surface area contributed by atoms with Crippen molar-refractivity contribution in [1.29, 1.82) is 0 Å². The summed E-state index contributed by atoms with van der Waals surface area (Å²) >= 11 is 1.63. The average Bonchev–Trinajstić information content (AvgIpc) is 2.66. The summed E-state index contributed by atoms with van der Waals surface area (Å²) in [6.07, 6.45) is 0. The van der Waals surface area contributed by atoms with E-state index < -0.39 is 0 Å². The molecule has 0 fully saturated rings. The Kier molecular flexibility index (Phi) is 5.54. The van der Waals surface area contributed by atoms with Crippen molar-refractivity contribution in [2.24, 2.45) is 5.16 Å². The lowest BCUT2D eigenvalue weighted by molar-refractivity contribution is 0.106. The van der Waals surface area contributed by atoms with E-state index in [1.807, 2.05) is 74.5 Å². The first kappa shape index (κ1) is 18.0. The Bertz CT molecular complexity index is 948. The highest BCUT2D eigenvalue weighted by Gasteiger charge is 2.19. The quantitative estimate of drug-likeness (QED) is 0.282. The highest BCUT2D eigenvalue weighted by molar-refractivity contribution is 7.99. The molecule has 0 amide bonds. The number of aryl methyl sites for hydroxylation is 2. The number of hydrogen-bond donors (Lipinski definition) is 1. The molecule has 0 bridgehead atoms. The minimum Gasteiger partial charge on any atom is -0.410 e. The molecule has 0 atom stereocenters. The number of nitrogens with zero attached hydrogens (tertiary/aromatic N) is 1. The van der Waals surface area contributed by atoms with E-state index >= 15 is 0 Å². The predicted molar refractivity (Wildman–Crippen MR) is 106 cm³/mol. The molecule has 3 aromatic rings. The van der Waals surface area contributed by atoms with Crippen molar-refractivity contribution >= 4 is 23.3 Å². The number of Topliss-reactive ketones (excluding diaryl/α,β-unsaturated/α-hetero) is 1. The Labute approximate surface area is 157 Å². The lowest BCUT2D eigenvalue weighted by Gasteiger charge is -2.09. The van der Waals surface area contributed by atoms with E-state index in [0.29, 0.717) is 11.1 Å². The molecule has 0 aliphatic heterocycles. The molecule has 0 heterocycles. The molecule has 130 valence electrons. The Morgan fingerprint density at radius 3 is 2.19 bits per heavy atom. The molecule has 0 saturated heterocycles. The Morgan fingerprint density at radius 2 is 1.54 bits per heavy atom. The fourth-order valence-corrected chi connectivity index (χ4v) is 3.49. The molecule has 0 saturated carbocycles. The van der Waals surface area contributed by atoms with Gasteiger partial charge in [0.05, 0.1) is 0 Å². The maximum atomic E-state index is 12.8. The first-order valence-electron chi connectivity index (χ1n) is 8.26. The van der Waals surface area contributed by atoms with Crippen LogP contribution in [0.15, 0.2) is 87.7 Å². The van der Waals surface area contributed by atoms with Gasteiger partial charge in [0, 0.05) is 20.9 Å². The van der Waals surface area contributed by atoms with Crippen LogP contribution in [0.3, 0.4) is 0 Å². The third kappa shape index (κ3) is 4.03. The minimum absolute atomic E-state index is 0.0645. The van der Waals surface area contributed by atoms with Crippen LogP contribution in [0.4, 0.5) is 0 Å². The molecule has 4 heteroatoms. The van der Waals surface area contributed by atoms with E-state index in [9.17, 15) is 10.0 Å². The van der Waals surface area contributed by atoms with Crippen molar-refractivity contribution in [3.63, 3.8) is 0 Å². The average molecular weight is 361 g/mol. The summed E-state index contributed by atoms with van der Waals surface area (Å²) in [4.78, 5) is 15.0. The molecule has 0 radical (unpaired) electrons. The maximum absolute atomic E-state index is 12.8. The molecular weight excluding hydrogens is 342 g/mol. The maximum Gasteiger partial charge on any atom is 0.215 e. The second-order valence-electron chi connectivity index (χ2n) is 6.04. The molecule has 0 spiro atoms. The van der Waals surface area contributed by atoms with E-state index in [1.54, 1.807) is 23.9 Å². The van der Waals surface area contributed by atoms with Crippen LogP contribution in [0.25, 0.3) is 0 Å². The zero-order chi connectivity index (χ0) is 18.5. The van der Waals surface area contributed by atoms with E-state index in [-0.39, 0.29) is 11.5 Å². The number of oxime groups is 1. The zero-order valence-electron chi connectivity index (χ0n) is 14.6. The highest BCUT2D eigenvalue weighted by Crippen LogP contribution is 2.27. The molecule has 1 N–H and O–H groups in total. The van der Waals surface area contributed by atoms with Gasteiger partial charge in [0.15, 0.2) is 5.71 Å². The lowest BCUT2D eigenvalue weighted by atomic mass is 9.96. The Balaban J connectivity index is 1.84. The van der Waals surface area contributed by atoms with Crippen LogP contribution in [0.5, 0.6) is 0 Å². The van der Waals surface area contributed by atoms with E-state index in [0.717, 1.165) is 20.9 Å². The monoisotopic (exact) mass is 361 g/mol. The summed E-state index contributed by atoms with van der Waals surface area (Å²) in [7, 11) is 0. The predicted octanol–water partition coefficient (Wildman–Crippen LogP) is 5.52. The zero-order valence-corrected chi connectivity index (χ0v) is 15.5. The Morgan fingerprint density at radius 1 is 0.885 bits per heavy atom. The van der Waals surface area contributed by atoms with Crippen LogP contribution in [-0.4, -0.2) is 16.7 Å². The van der Waals surface area contributed by atoms with E-state index in [2.05, 4.69) is 5.16 Å². The number of rotatable bonds is 5. The third-order valence-electron chi connectivity index (χ3n) is 4.06. The van der Waals surface area contributed by atoms with E-state index in [4.69, 9.17) is 0 Å². The normalized spacial score (nSPS) is 11.4. The smallest absolute Gasteiger partial charge is 0.215 e. The molecule has 3 rings (SSSR count). The summed E-state index contributed by atoms with van der Waals surface area (Å²) < 4.78 is 0. The number of carbonyl (C=O) groups is 1. The van der Waals surface area contributed by atoms with Crippen molar-refractivity contribution in [2.45, 2.75) is 23.6 Å². The van der Waals surface area contributed by atoms with Gasteiger partial charge in [0.25, 0.3) is 0 Å². The van der Waals surface area contributed by atoms with Gasteiger partial charge in [-0.15, -0.1) is 0 Å². The first-order valence-corrected chi connectivity index (χ1v) is 9.07. The fourth-order valence-electron chi connectivity index (χ4n) is 2.65. The molecule has 0 aromatic heterocycles. The number of ketones is 1. The van der Waals surface area contributed by atoms with Gasteiger partial charge in [-0.1, -0.05) is 52.8 Å². The minimum atomic E-state index is -0.294. The fraction of sp³-hybridized carbons (Fsp3) is 0.0909. The van der Waals surface area contributed by atoms with Crippen molar-refractivity contribution in [3.8, 4) is 0 Å². The first-order chi connectivity index (χ1) is 12.6. The standard InChI is InChI=1S/C22H19NO2S/c1-15-8-9-16(2)20(14-15)21(23-25)22(24)17-10-12-19(13-11-17)26-18-6-4-3-5-7-18/h3-14,25H,1-2H3. The summed E-state index contributed by atoms with van der Waals surface area (Å²) in [5, 5.41) is 12.7. The van der Waals surface area contributed by atoms with Gasteiger partial charge in [-0.25, -0.2) is 0 Å². The molecule has 3 aromatic carbocycles. The largest absolute Gasteiger partial charge is 0.410 e. The van der Waals surface area contributed by atoms with E-state index in [1.165, 1.54) is 0 Å². The van der Waals surface area contributed by atoms with Crippen LogP contribution in [0.1, 0.15) is 27.0 Å². The summed E-state index contributed by atoms with van der Waals surface area (Å²) in [6, 6.07) is 23.2. The topological polar surface area (TPSA) is 49.7 Å². The van der Waals surface area contributed by atoms with Crippen LogP contribution >= 0.6 is 11.8 Å².